The van der Waals surface area contributed by atoms with Gasteiger partial charge in [0.15, 0.2) is 9.84 Å². The fraction of sp³-hybridized carbons (Fsp3) is 0.333. The Balaban J connectivity index is 3.51. The van der Waals surface area contributed by atoms with Crippen LogP contribution >= 0.6 is 0 Å². The second-order valence-electron chi connectivity index (χ2n) is 3.22. The molecule has 1 aromatic carbocycles. The fourth-order valence-corrected chi connectivity index (χ4v) is 2.23. The van der Waals surface area contributed by atoms with Crippen LogP contribution in [0.4, 0.5) is 0 Å². The Morgan fingerprint density at radius 2 is 2.00 bits per heavy atom. The lowest BCUT2D eigenvalue weighted by Gasteiger charge is -2.08. The number of hydrogen-bond donors (Lipinski definition) is 2. The van der Waals surface area contributed by atoms with Gasteiger partial charge in [0.2, 0.25) is 0 Å². The number of sulfone groups is 1. The average Bonchev–Trinajstić information content (AvgIpc) is 2.07. The first-order valence-corrected chi connectivity index (χ1v) is 5.98. The van der Waals surface area contributed by atoms with Crippen molar-refractivity contribution in [2.75, 3.05) is 6.26 Å². The zero-order valence-corrected chi connectivity index (χ0v) is 8.93. The van der Waals surface area contributed by atoms with Gasteiger partial charge >= 0.3 is 0 Å². The molecular formula is C9H13NO3S. The van der Waals surface area contributed by atoms with Crippen LogP contribution in [-0.4, -0.2) is 19.8 Å². The van der Waals surface area contributed by atoms with Gasteiger partial charge in [-0.3, -0.25) is 0 Å². The SMILES string of the molecule is Cc1cc(S(C)(=O)=O)c(CN)cc1O. The molecule has 0 heterocycles. The van der Waals surface area contributed by atoms with Crippen molar-refractivity contribution in [3.63, 3.8) is 0 Å². The van der Waals surface area contributed by atoms with Crippen molar-refractivity contribution in [3.05, 3.63) is 23.3 Å². The van der Waals surface area contributed by atoms with Crippen molar-refractivity contribution in [2.45, 2.75) is 18.4 Å². The Labute approximate surface area is 83.3 Å². The molecule has 0 fully saturated rings. The normalized spacial score (nSPS) is 11.6. The van der Waals surface area contributed by atoms with Crippen LogP contribution in [0.5, 0.6) is 5.75 Å². The van der Waals surface area contributed by atoms with Crippen molar-refractivity contribution < 1.29 is 13.5 Å². The van der Waals surface area contributed by atoms with Crippen LogP contribution in [0, 0.1) is 6.92 Å². The van der Waals surface area contributed by atoms with Gasteiger partial charge in [0.1, 0.15) is 5.75 Å². The number of nitrogens with two attached hydrogens (primary N) is 1. The molecule has 0 aromatic heterocycles. The zero-order valence-electron chi connectivity index (χ0n) is 8.11. The molecule has 4 nitrogen and oxygen atoms in total. The third-order valence-electron chi connectivity index (χ3n) is 2.00. The fourth-order valence-electron chi connectivity index (χ4n) is 1.22. The summed E-state index contributed by atoms with van der Waals surface area (Å²) in [6.45, 7) is 1.74. The van der Waals surface area contributed by atoms with E-state index >= 15 is 0 Å². The minimum atomic E-state index is -3.28. The smallest absolute Gasteiger partial charge is 0.175 e. The maximum atomic E-state index is 11.3. The zero-order chi connectivity index (χ0) is 10.9. The highest BCUT2D eigenvalue weighted by atomic mass is 32.2. The third-order valence-corrected chi connectivity index (χ3v) is 3.18. The average molecular weight is 215 g/mol. The maximum absolute atomic E-state index is 11.3. The van der Waals surface area contributed by atoms with E-state index < -0.39 is 9.84 Å². The van der Waals surface area contributed by atoms with Gasteiger partial charge in [0, 0.05) is 12.8 Å². The lowest BCUT2D eigenvalue weighted by molar-refractivity contribution is 0.469. The summed E-state index contributed by atoms with van der Waals surface area (Å²) in [5, 5.41) is 9.37. The minimum absolute atomic E-state index is 0.0675. The van der Waals surface area contributed by atoms with E-state index in [1.807, 2.05) is 0 Å². The number of rotatable bonds is 2. The van der Waals surface area contributed by atoms with Gasteiger partial charge in [-0.2, -0.15) is 0 Å². The van der Waals surface area contributed by atoms with Gasteiger partial charge in [-0.15, -0.1) is 0 Å². The molecular weight excluding hydrogens is 202 g/mol. The number of phenolic OH excluding ortho intramolecular Hbond substituents is 1. The van der Waals surface area contributed by atoms with Crippen LogP contribution in [0.3, 0.4) is 0 Å². The van der Waals surface area contributed by atoms with Crippen LogP contribution in [-0.2, 0) is 16.4 Å². The highest BCUT2D eigenvalue weighted by molar-refractivity contribution is 7.90. The second kappa shape index (κ2) is 3.59. The van der Waals surface area contributed by atoms with Gasteiger partial charge in [0.25, 0.3) is 0 Å². The first kappa shape index (κ1) is 11.0. The highest BCUT2D eigenvalue weighted by Crippen LogP contribution is 2.24. The summed E-state index contributed by atoms with van der Waals surface area (Å²) >= 11 is 0. The molecule has 5 heteroatoms. The number of aromatic hydroxyl groups is 1. The van der Waals surface area contributed by atoms with Crippen molar-refractivity contribution in [1.29, 1.82) is 0 Å². The van der Waals surface area contributed by atoms with Crippen molar-refractivity contribution in [3.8, 4) is 5.75 Å². The molecule has 1 rings (SSSR count). The molecule has 0 saturated heterocycles. The van der Waals surface area contributed by atoms with Gasteiger partial charge < -0.3 is 10.8 Å². The summed E-state index contributed by atoms with van der Waals surface area (Å²) < 4.78 is 22.7. The Morgan fingerprint density at radius 3 is 2.43 bits per heavy atom. The van der Waals surface area contributed by atoms with Gasteiger partial charge in [0.05, 0.1) is 4.90 Å². The van der Waals surface area contributed by atoms with E-state index in [4.69, 9.17) is 5.73 Å². The van der Waals surface area contributed by atoms with E-state index in [0.29, 0.717) is 11.1 Å². The predicted molar refractivity (Wildman–Crippen MR) is 53.8 cm³/mol. The topological polar surface area (TPSA) is 80.4 Å². The molecule has 0 radical (unpaired) electrons. The molecule has 0 spiro atoms. The first-order chi connectivity index (χ1) is 6.36. The molecule has 1 aromatic rings. The summed E-state index contributed by atoms with van der Waals surface area (Å²) in [6.07, 6.45) is 1.12. The van der Waals surface area contributed by atoms with E-state index in [1.165, 1.54) is 12.1 Å². The van der Waals surface area contributed by atoms with Crippen molar-refractivity contribution in [2.24, 2.45) is 5.73 Å². The molecule has 78 valence electrons. The van der Waals surface area contributed by atoms with Crippen LogP contribution in [0.15, 0.2) is 17.0 Å². The minimum Gasteiger partial charge on any atom is -0.508 e. The summed E-state index contributed by atoms with van der Waals surface area (Å²) in [5.41, 5.74) is 6.36. The lowest BCUT2D eigenvalue weighted by Crippen LogP contribution is -2.07. The molecule has 3 N–H and O–H groups in total. The van der Waals surface area contributed by atoms with Crippen LogP contribution < -0.4 is 5.73 Å². The van der Waals surface area contributed by atoms with Crippen LogP contribution in [0.2, 0.25) is 0 Å². The molecule has 0 atom stereocenters. The molecule has 0 bridgehead atoms. The Hall–Kier alpha value is -1.07. The molecule has 0 aliphatic rings. The second-order valence-corrected chi connectivity index (χ2v) is 5.21. The van der Waals surface area contributed by atoms with Gasteiger partial charge in [-0.25, -0.2) is 8.42 Å². The lowest BCUT2D eigenvalue weighted by atomic mass is 10.1. The summed E-state index contributed by atoms with van der Waals surface area (Å²) in [6, 6.07) is 2.83. The predicted octanol–water partition coefficient (Wildman–Crippen LogP) is 0.563. The van der Waals surface area contributed by atoms with Gasteiger partial charge in [-0.1, -0.05) is 0 Å². The maximum Gasteiger partial charge on any atom is 0.175 e. The standard InChI is InChI=1S/C9H13NO3S/c1-6-3-9(14(2,12)13)7(5-10)4-8(6)11/h3-4,11H,5,10H2,1-2H3. The number of aryl methyl sites for hydroxylation is 1. The Kier molecular flexibility index (Phi) is 2.82. The molecule has 0 unspecified atom stereocenters. The van der Waals surface area contributed by atoms with E-state index in [-0.39, 0.29) is 17.2 Å². The van der Waals surface area contributed by atoms with E-state index in [1.54, 1.807) is 6.92 Å². The van der Waals surface area contributed by atoms with Crippen molar-refractivity contribution in [1.82, 2.24) is 0 Å². The van der Waals surface area contributed by atoms with E-state index in [0.717, 1.165) is 6.26 Å². The molecule has 0 aliphatic heterocycles. The molecule has 0 saturated carbocycles. The summed E-state index contributed by atoms with van der Waals surface area (Å²) in [4.78, 5) is 0.190. The Bertz CT molecular complexity index is 451. The Morgan fingerprint density at radius 1 is 1.43 bits per heavy atom. The van der Waals surface area contributed by atoms with Gasteiger partial charge in [-0.05, 0) is 30.2 Å². The number of benzene rings is 1. The molecule has 0 amide bonds. The first-order valence-electron chi connectivity index (χ1n) is 4.09. The number of hydrogen-bond acceptors (Lipinski definition) is 4. The third kappa shape index (κ3) is 2.05. The summed E-state index contributed by atoms with van der Waals surface area (Å²) in [5.74, 6) is 0.0675. The highest BCUT2D eigenvalue weighted by Gasteiger charge is 2.14. The molecule has 14 heavy (non-hydrogen) atoms. The van der Waals surface area contributed by atoms with E-state index in [9.17, 15) is 13.5 Å². The molecule has 0 aliphatic carbocycles. The quantitative estimate of drug-likeness (QED) is 0.755. The summed E-state index contributed by atoms with van der Waals surface area (Å²) in [7, 11) is -3.28. The monoisotopic (exact) mass is 215 g/mol. The van der Waals surface area contributed by atoms with Crippen molar-refractivity contribution >= 4 is 9.84 Å². The van der Waals surface area contributed by atoms with Crippen LogP contribution in [0.25, 0.3) is 0 Å². The van der Waals surface area contributed by atoms with Crippen LogP contribution in [0.1, 0.15) is 11.1 Å². The van der Waals surface area contributed by atoms with E-state index in [2.05, 4.69) is 0 Å². The largest absolute Gasteiger partial charge is 0.508 e. The number of phenols is 1.